The first-order valence-electron chi connectivity index (χ1n) is 9.18. The van der Waals surface area contributed by atoms with Gasteiger partial charge in [0.15, 0.2) is 0 Å². The highest BCUT2D eigenvalue weighted by Gasteiger charge is 2.41. The Balaban J connectivity index is 1.43. The molecule has 0 atom stereocenters. The molecule has 1 aliphatic rings. The SMILES string of the molecule is Cc1cc(Nc2ncc(C)c(N3CC(C)(NC(=O)c4cccc(F)c4)C3)n2)sn1. The van der Waals surface area contributed by atoms with Crippen LogP contribution in [0, 0.1) is 19.7 Å². The molecule has 9 heteroatoms. The van der Waals surface area contributed by atoms with E-state index in [0.29, 0.717) is 24.6 Å². The largest absolute Gasteiger partial charge is 0.351 e. The van der Waals surface area contributed by atoms with E-state index in [-0.39, 0.29) is 5.91 Å². The topological polar surface area (TPSA) is 83.0 Å². The predicted molar refractivity (Wildman–Crippen MR) is 111 cm³/mol. The fraction of sp³-hybridized carbons (Fsp3) is 0.300. The zero-order valence-electron chi connectivity index (χ0n) is 16.4. The molecule has 29 heavy (non-hydrogen) atoms. The molecule has 0 radical (unpaired) electrons. The van der Waals surface area contributed by atoms with Crippen molar-refractivity contribution in [1.29, 1.82) is 0 Å². The fourth-order valence-corrected chi connectivity index (χ4v) is 4.00. The highest BCUT2D eigenvalue weighted by atomic mass is 32.1. The summed E-state index contributed by atoms with van der Waals surface area (Å²) in [5, 5.41) is 7.06. The van der Waals surface area contributed by atoms with Gasteiger partial charge in [0, 0.05) is 30.4 Å². The molecule has 0 aliphatic carbocycles. The molecule has 4 rings (SSSR count). The number of rotatable bonds is 5. The predicted octanol–water partition coefficient (Wildman–Crippen LogP) is 3.44. The number of anilines is 3. The molecule has 1 amide bonds. The van der Waals surface area contributed by atoms with Crippen LogP contribution < -0.4 is 15.5 Å². The van der Waals surface area contributed by atoms with E-state index >= 15 is 0 Å². The first-order chi connectivity index (χ1) is 13.8. The van der Waals surface area contributed by atoms with Gasteiger partial charge in [-0.25, -0.2) is 9.37 Å². The molecule has 2 aromatic heterocycles. The van der Waals surface area contributed by atoms with Crippen molar-refractivity contribution in [2.45, 2.75) is 26.3 Å². The normalized spacial score (nSPS) is 15.0. The van der Waals surface area contributed by atoms with Gasteiger partial charge in [0.2, 0.25) is 5.95 Å². The standard InChI is InChI=1S/C20H21FN6OS/c1-12-9-22-19(23-16-7-13(2)26-29-16)24-17(12)27-10-20(3,11-27)25-18(28)14-5-4-6-15(21)8-14/h4-9H,10-11H2,1-3H3,(H,25,28)(H,22,23,24). The van der Waals surface area contributed by atoms with Crippen LogP contribution in [0.1, 0.15) is 28.5 Å². The number of halogens is 1. The van der Waals surface area contributed by atoms with E-state index in [1.165, 1.54) is 29.7 Å². The van der Waals surface area contributed by atoms with Crippen LogP contribution in [0.4, 0.5) is 21.2 Å². The van der Waals surface area contributed by atoms with Crippen molar-refractivity contribution in [2.24, 2.45) is 0 Å². The van der Waals surface area contributed by atoms with E-state index in [0.717, 1.165) is 22.1 Å². The van der Waals surface area contributed by atoms with E-state index < -0.39 is 11.4 Å². The molecule has 1 fully saturated rings. The Hall–Kier alpha value is -3.07. The molecule has 7 nitrogen and oxygen atoms in total. The summed E-state index contributed by atoms with van der Waals surface area (Å²) in [7, 11) is 0. The van der Waals surface area contributed by atoms with E-state index in [4.69, 9.17) is 0 Å². The minimum absolute atomic E-state index is 0.283. The molecular formula is C20H21FN6OS. The second-order valence-electron chi connectivity index (χ2n) is 7.54. The number of carbonyl (C=O) groups is 1. The number of aromatic nitrogens is 3. The smallest absolute Gasteiger partial charge is 0.251 e. The minimum atomic E-state index is -0.425. The van der Waals surface area contributed by atoms with Crippen LogP contribution in [0.5, 0.6) is 0 Å². The van der Waals surface area contributed by atoms with Crippen molar-refractivity contribution in [3.8, 4) is 0 Å². The third kappa shape index (κ3) is 4.19. The van der Waals surface area contributed by atoms with Gasteiger partial charge in [-0.2, -0.15) is 9.36 Å². The van der Waals surface area contributed by atoms with Crippen molar-refractivity contribution in [3.63, 3.8) is 0 Å². The number of benzene rings is 1. The van der Waals surface area contributed by atoms with Crippen LogP contribution in [-0.4, -0.2) is 38.9 Å². The molecule has 150 valence electrons. The lowest BCUT2D eigenvalue weighted by molar-refractivity contribution is 0.0888. The maximum Gasteiger partial charge on any atom is 0.251 e. The lowest BCUT2D eigenvalue weighted by Gasteiger charge is -2.49. The summed E-state index contributed by atoms with van der Waals surface area (Å²) in [6.07, 6.45) is 1.78. The molecular weight excluding hydrogens is 391 g/mol. The van der Waals surface area contributed by atoms with Gasteiger partial charge in [-0.1, -0.05) is 6.07 Å². The van der Waals surface area contributed by atoms with Crippen LogP contribution >= 0.6 is 11.5 Å². The average molecular weight is 412 g/mol. The zero-order valence-corrected chi connectivity index (χ0v) is 17.2. The molecule has 0 saturated carbocycles. The highest BCUT2D eigenvalue weighted by Crippen LogP contribution is 2.30. The molecule has 1 aromatic carbocycles. The Kier molecular flexibility index (Phi) is 4.91. The maximum atomic E-state index is 13.4. The number of amides is 1. The molecule has 1 aliphatic heterocycles. The van der Waals surface area contributed by atoms with Gasteiger partial charge in [-0.15, -0.1) is 0 Å². The second kappa shape index (κ2) is 7.40. The van der Waals surface area contributed by atoms with Gasteiger partial charge in [0.25, 0.3) is 5.91 Å². The summed E-state index contributed by atoms with van der Waals surface area (Å²) >= 11 is 1.36. The summed E-state index contributed by atoms with van der Waals surface area (Å²) in [6.45, 7) is 7.06. The fourth-order valence-electron chi connectivity index (χ4n) is 3.35. The van der Waals surface area contributed by atoms with Gasteiger partial charge in [-0.05, 0) is 56.6 Å². The van der Waals surface area contributed by atoms with Crippen molar-refractivity contribution in [1.82, 2.24) is 19.7 Å². The number of nitrogens with zero attached hydrogens (tertiary/aromatic N) is 4. The zero-order chi connectivity index (χ0) is 20.6. The van der Waals surface area contributed by atoms with Crippen LogP contribution in [-0.2, 0) is 0 Å². The molecule has 1 saturated heterocycles. The van der Waals surface area contributed by atoms with Crippen LogP contribution in [0.2, 0.25) is 0 Å². The number of nitrogens with one attached hydrogen (secondary N) is 2. The van der Waals surface area contributed by atoms with Gasteiger partial charge in [0.1, 0.15) is 16.6 Å². The molecule has 0 bridgehead atoms. The van der Waals surface area contributed by atoms with Crippen molar-refractivity contribution in [3.05, 3.63) is 59.2 Å². The van der Waals surface area contributed by atoms with Gasteiger partial charge < -0.3 is 15.5 Å². The molecule has 0 unspecified atom stereocenters. The Morgan fingerprint density at radius 2 is 2.07 bits per heavy atom. The Morgan fingerprint density at radius 3 is 2.76 bits per heavy atom. The van der Waals surface area contributed by atoms with Crippen molar-refractivity contribution in [2.75, 3.05) is 23.3 Å². The van der Waals surface area contributed by atoms with E-state index in [9.17, 15) is 9.18 Å². The van der Waals surface area contributed by atoms with Crippen LogP contribution in [0.3, 0.4) is 0 Å². The van der Waals surface area contributed by atoms with Crippen molar-refractivity contribution < 1.29 is 9.18 Å². The van der Waals surface area contributed by atoms with Gasteiger partial charge >= 0.3 is 0 Å². The van der Waals surface area contributed by atoms with E-state index in [1.54, 1.807) is 12.3 Å². The molecule has 3 aromatic rings. The maximum absolute atomic E-state index is 13.4. The first kappa shape index (κ1) is 19.3. The van der Waals surface area contributed by atoms with E-state index in [2.05, 4.69) is 29.9 Å². The van der Waals surface area contributed by atoms with Gasteiger partial charge in [-0.3, -0.25) is 4.79 Å². The lowest BCUT2D eigenvalue weighted by atomic mass is 9.91. The number of hydrogen-bond donors (Lipinski definition) is 2. The summed E-state index contributed by atoms with van der Waals surface area (Å²) in [5.41, 5.74) is 1.80. The Labute approximate surface area is 172 Å². The first-order valence-corrected chi connectivity index (χ1v) is 9.96. The monoisotopic (exact) mass is 412 g/mol. The van der Waals surface area contributed by atoms with Gasteiger partial charge in [0.05, 0.1) is 11.2 Å². The summed E-state index contributed by atoms with van der Waals surface area (Å²) in [4.78, 5) is 23.5. The van der Waals surface area contributed by atoms with Crippen LogP contribution in [0.25, 0.3) is 0 Å². The molecule has 2 N–H and O–H groups in total. The third-order valence-electron chi connectivity index (χ3n) is 4.69. The number of carbonyl (C=O) groups excluding carboxylic acids is 1. The summed E-state index contributed by atoms with van der Waals surface area (Å²) in [5.74, 6) is 0.618. The molecule has 0 spiro atoms. The summed E-state index contributed by atoms with van der Waals surface area (Å²) in [6, 6.07) is 7.63. The summed E-state index contributed by atoms with van der Waals surface area (Å²) < 4.78 is 17.6. The van der Waals surface area contributed by atoms with Crippen LogP contribution in [0.15, 0.2) is 36.5 Å². The Bertz CT molecular complexity index is 1060. The second-order valence-corrected chi connectivity index (χ2v) is 8.34. The number of aryl methyl sites for hydroxylation is 2. The van der Waals surface area contributed by atoms with Crippen molar-refractivity contribution >= 4 is 34.2 Å². The average Bonchev–Trinajstić information content (AvgIpc) is 3.06. The van der Waals surface area contributed by atoms with E-state index in [1.807, 2.05) is 26.8 Å². The number of hydrogen-bond acceptors (Lipinski definition) is 7. The Morgan fingerprint density at radius 1 is 1.28 bits per heavy atom. The molecule has 3 heterocycles. The third-order valence-corrected chi connectivity index (χ3v) is 5.49. The quantitative estimate of drug-likeness (QED) is 0.668. The highest BCUT2D eigenvalue weighted by molar-refractivity contribution is 7.10. The minimum Gasteiger partial charge on any atom is -0.351 e. The lowest BCUT2D eigenvalue weighted by Crippen LogP contribution is -2.69.